The van der Waals surface area contributed by atoms with E-state index in [-0.39, 0.29) is 24.2 Å². The van der Waals surface area contributed by atoms with Crippen LogP contribution in [0.5, 0.6) is 5.75 Å². The molecule has 3 rings (SSSR count). The molecule has 0 aliphatic carbocycles. The molecule has 0 fully saturated rings. The zero-order valence-electron chi connectivity index (χ0n) is 13.1. The zero-order chi connectivity index (χ0) is 16.4. The van der Waals surface area contributed by atoms with E-state index in [1.54, 1.807) is 24.3 Å². The van der Waals surface area contributed by atoms with Crippen LogP contribution in [-0.4, -0.2) is 28.3 Å². The predicted molar refractivity (Wildman–Crippen MR) is 94.4 cm³/mol. The number of fused-ring (bicyclic) bond motifs is 1. The van der Waals surface area contributed by atoms with E-state index in [2.05, 4.69) is 5.32 Å². The van der Waals surface area contributed by atoms with Gasteiger partial charge < -0.3 is 21.3 Å². The lowest BCUT2D eigenvalue weighted by Gasteiger charge is -2.30. The Morgan fingerprint density at radius 1 is 1.25 bits per heavy atom. The highest BCUT2D eigenvalue weighted by Crippen LogP contribution is 2.23. The number of aliphatic hydroxyl groups excluding tert-OH is 1. The topological polar surface area (TPSA) is 95.6 Å². The number of nitrogens with two attached hydrogens (primary N) is 1. The minimum absolute atomic E-state index is 0. The van der Waals surface area contributed by atoms with Gasteiger partial charge in [-0.05, 0) is 41.3 Å². The fourth-order valence-electron chi connectivity index (χ4n) is 3.10. The Hall–Kier alpha value is -2.08. The Bertz CT molecular complexity index is 736. The second kappa shape index (κ2) is 7.66. The lowest BCUT2D eigenvalue weighted by atomic mass is 9.89. The molecule has 1 heterocycles. The van der Waals surface area contributed by atoms with Gasteiger partial charge in [-0.2, -0.15) is 0 Å². The molecule has 0 saturated carbocycles. The number of phenolic OH excluding ortho intramolecular Hbond substituents is 1. The van der Waals surface area contributed by atoms with E-state index in [1.807, 2.05) is 18.2 Å². The largest absolute Gasteiger partial charge is 0.508 e. The van der Waals surface area contributed by atoms with E-state index >= 15 is 0 Å². The Balaban J connectivity index is 0.00000208. The number of primary amides is 1. The Kier molecular flexibility index (Phi) is 5.83. The number of aliphatic hydroxyl groups is 1. The fourth-order valence-corrected chi connectivity index (χ4v) is 3.10. The monoisotopic (exact) mass is 348 g/mol. The molecule has 0 aromatic heterocycles. The first kappa shape index (κ1) is 18.3. The van der Waals surface area contributed by atoms with Crippen molar-refractivity contribution in [3.63, 3.8) is 0 Å². The normalized spacial score (nSPS) is 17.5. The average Bonchev–Trinajstić information content (AvgIpc) is 2.54. The molecule has 6 heteroatoms. The fraction of sp³-hybridized carbons (Fsp3) is 0.278. The third kappa shape index (κ3) is 3.87. The first-order valence-electron chi connectivity index (χ1n) is 7.64. The van der Waals surface area contributed by atoms with Crippen LogP contribution in [0.3, 0.4) is 0 Å². The number of phenols is 1. The van der Waals surface area contributed by atoms with Crippen LogP contribution < -0.4 is 11.1 Å². The average molecular weight is 349 g/mol. The first-order chi connectivity index (χ1) is 11.0. The van der Waals surface area contributed by atoms with Crippen molar-refractivity contribution in [2.45, 2.75) is 31.5 Å². The summed E-state index contributed by atoms with van der Waals surface area (Å²) in [7, 11) is 0. The quantitative estimate of drug-likeness (QED) is 0.674. The Morgan fingerprint density at radius 3 is 2.75 bits per heavy atom. The van der Waals surface area contributed by atoms with Gasteiger partial charge in [-0.1, -0.05) is 24.3 Å². The lowest BCUT2D eigenvalue weighted by molar-refractivity contribution is 0.0995. The molecule has 0 spiro atoms. The third-order valence-electron chi connectivity index (χ3n) is 4.36. The third-order valence-corrected chi connectivity index (χ3v) is 4.36. The van der Waals surface area contributed by atoms with E-state index in [1.165, 1.54) is 0 Å². The molecule has 2 aromatic carbocycles. The van der Waals surface area contributed by atoms with Crippen molar-refractivity contribution in [2.75, 3.05) is 0 Å². The molecule has 0 radical (unpaired) electrons. The van der Waals surface area contributed by atoms with Gasteiger partial charge in [0.25, 0.3) is 0 Å². The summed E-state index contributed by atoms with van der Waals surface area (Å²) in [5, 5.41) is 23.4. The molecule has 1 amide bonds. The summed E-state index contributed by atoms with van der Waals surface area (Å²) in [6.07, 6.45) is 0.414. The number of hydrogen-bond acceptors (Lipinski definition) is 4. The smallest absolute Gasteiger partial charge is 0.248 e. The molecule has 0 unspecified atom stereocenters. The SMILES string of the molecule is Cl.NC(=O)c1ccccc1C[C@@H](O)[C@@H]1Cc2ccc(O)cc2CN1. The number of aromatic hydroxyl groups is 1. The molecular formula is C18H21ClN2O3. The van der Waals surface area contributed by atoms with Crippen LogP contribution in [0.2, 0.25) is 0 Å². The summed E-state index contributed by atoms with van der Waals surface area (Å²) in [4.78, 5) is 11.5. The van der Waals surface area contributed by atoms with Crippen molar-refractivity contribution in [1.29, 1.82) is 0 Å². The van der Waals surface area contributed by atoms with Gasteiger partial charge in [0.05, 0.1) is 6.10 Å². The zero-order valence-corrected chi connectivity index (χ0v) is 13.9. The van der Waals surface area contributed by atoms with Gasteiger partial charge in [-0.15, -0.1) is 12.4 Å². The molecule has 0 bridgehead atoms. The molecule has 24 heavy (non-hydrogen) atoms. The molecule has 5 nitrogen and oxygen atoms in total. The second-order valence-electron chi connectivity index (χ2n) is 5.94. The van der Waals surface area contributed by atoms with Crippen molar-refractivity contribution in [3.05, 3.63) is 64.7 Å². The number of amides is 1. The number of hydrogen-bond donors (Lipinski definition) is 4. The van der Waals surface area contributed by atoms with Crippen molar-refractivity contribution in [3.8, 4) is 5.75 Å². The van der Waals surface area contributed by atoms with E-state index < -0.39 is 12.0 Å². The minimum Gasteiger partial charge on any atom is -0.508 e. The van der Waals surface area contributed by atoms with Crippen LogP contribution in [-0.2, 0) is 19.4 Å². The van der Waals surface area contributed by atoms with Gasteiger partial charge in [0, 0.05) is 24.6 Å². The summed E-state index contributed by atoms with van der Waals surface area (Å²) in [6, 6.07) is 12.3. The molecule has 1 aliphatic rings. The Morgan fingerprint density at radius 2 is 2.00 bits per heavy atom. The number of halogens is 1. The molecule has 0 saturated heterocycles. The maximum absolute atomic E-state index is 11.5. The molecule has 1 aliphatic heterocycles. The van der Waals surface area contributed by atoms with Crippen LogP contribution in [0, 0.1) is 0 Å². The van der Waals surface area contributed by atoms with Crippen LogP contribution in [0.1, 0.15) is 27.0 Å². The van der Waals surface area contributed by atoms with Crippen LogP contribution in [0.4, 0.5) is 0 Å². The summed E-state index contributed by atoms with van der Waals surface area (Å²) >= 11 is 0. The number of benzene rings is 2. The summed E-state index contributed by atoms with van der Waals surface area (Å²) in [5.41, 5.74) is 8.76. The first-order valence-corrected chi connectivity index (χ1v) is 7.64. The van der Waals surface area contributed by atoms with Crippen molar-refractivity contribution >= 4 is 18.3 Å². The van der Waals surface area contributed by atoms with Gasteiger partial charge in [0.2, 0.25) is 5.91 Å². The van der Waals surface area contributed by atoms with Gasteiger partial charge in [-0.25, -0.2) is 0 Å². The molecule has 2 atom stereocenters. The van der Waals surface area contributed by atoms with Crippen LogP contribution in [0.15, 0.2) is 42.5 Å². The lowest BCUT2D eigenvalue weighted by Crippen LogP contribution is -2.45. The summed E-state index contributed by atoms with van der Waals surface area (Å²) < 4.78 is 0. The number of carbonyl (C=O) groups is 1. The minimum atomic E-state index is -0.627. The number of rotatable bonds is 4. The predicted octanol–water partition coefficient (Wildman–Crippen LogP) is 1.53. The van der Waals surface area contributed by atoms with Crippen molar-refractivity contribution < 1.29 is 15.0 Å². The van der Waals surface area contributed by atoms with Crippen LogP contribution >= 0.6 is 12.4 Å². The highest BCUT2D eigenvalue weighted by Gasteiger charge is 2.25. The van der Waals surface area contributed by atoms with E-state index in [0.29, 0.717) is 24.9 Å². The van der Waals surface area contributed by atoms with Gasteiger partial charge in [0.15, 0.2) is 0 Å². The van der Waals surface area contributed by atoms with Gasteiger partial charge >= 0.3 is 0 Å². The number of nitrogens with one attached hydrogen (secondary N) is 1. The number of carbonyl (C=O) groups excluding carboxylic acids is 1. The summed E-state index contributed by atoms with van der Waals surface area (Å²) in [6.45, 7) is 0.600. The van der Waals surface area contributed by atoms with Gasteiger partial charge in [-0.3, -0.25) is 4.79 Å². The van der Waals surface area contributed by atoms with E-state index in [0.717, 1.165) is 16.7 Å². The standard InChI is InChI=1S/C18H20N2O3.ClH/c19-18(23)15-4-2-1-3-12(15)9-17(22)16-8-11-5-6-14(21)7-13(11)10-20-16;/h1-7,16-17,20-22H,8-10H2,(H2,19,23);1H/t16-,17+;/m0./s1. The molecular weight excluding hydrogens is 328 g/mol. The molecule has 128 valence electrons. The maximum atomic E-state index is 11.5. The second-order valence-corrected chi connectivity index (χ2v) is 5.94. The van der Waals surface area contributed by atoms with Crippen LogP contribution in [0.25, 0.3) is 0 Å². The van der Waals surface area contributed by atoms with Gasteiger partial charge in [0.1, 0.15) is 5.75 Å². The van der Waals surface area contributed by atoms with E-state index in [9.17, 15) is 15.0 Å². The van der Waals surface area contributed by atoms with Crippen molar-refractivity contribution in [2.24, 2.45) is 5.73 Å². The maximum Gasteiger partial charge on any atom is 0.248 e. The molecule has 2 aromatic rings. The molecule has 5 N–H and O–H groups in total. The summed E-state index contributed by atoms with van der Waals surface area (Å²) in [5.74, 6) is -0.231. The van der Waals surface area contributed by atoms with Crippen molar-refractivity contribution in [1.82, 2.24) is 5.32 Å². The van der Waals surface area contributed by atoms with E-state index in [4.69, 9.17) is 5.73 Å². The Labute approximate surface area is 146 Å². The highest BCUT2D eigenvalue weighted by molar-refractivity contribution is 5.94. The highest BCUT2D eigenvalue weighted by atomic mass is 35.5.